The molecule has 1 aromatic carbocycles. The van der Waals surface area contributed by atoms with Crippen molar-refractivity contribution in [3.05, 3.63) is 46.5 Å². The van der Waals surface area contributed by atoms with E-state index in [1.807, 2.05) is 24.6 Å². The first-order chi connectivity index (χ1) is 9.06. The van der Waals surface area contributed by atoms with Crippen LogP contribution in [0.25, 0.3) is 0 Å². The summed E-state index contributed by atoms with van der Waals surface area (Å²) in [6, 6.07) is 4.93. The molecular weight excluding hydrogens is 245 g/mol. The molecule has 0 saturated carbocycles. The lowest BCUT2D eigenvalue weighted by atomic mass is 10.2. The van der Waals surface area contributed by atoms with E-state index in [2.05, 4.69) is 5.10 Å². The van der Waals surface area contributed by atoms with Crippen molar-refractivity contribution in [1.29, 1.82) is 0 Å². The van der Waals surface area contributed by atoms with Gasteiger partial charge < -0.3 is 10.5 Å². The summed E-state index contributed by atoms with van der Waals surface area (Å²) in [6.07, 6.45) is 0. The molecule has 0 bridgehead atoms. The van der Waals surface area contributed by atoms with E-state index in [4.69, 9.17) is 10.5 Å². The quantitative estimate of drug-likeness (QED) is 0.919. The van der Waals surface area contributed by atoms with E-state index in [1.54, 1.807) is 6.07 Å². The first-order valence-electron chi connectivity index (χ1n) is 6.12. The van der Waals surface area contributed by atoms with Crippen LogP contribution in [0.15, 0.2) is 18.2 Å². The van der Waals surface area contributed by atoms with Crippen LogP contribution in [0, 0.1) is 19.7 Å². The molecule has 0 atom stereocenters. The fourth-order valence-electron chi connectivity index (χ4n) is 2.16. The first-order valence-corrected chi connectivity index (χ1v) is 6.12. The average Bonchev–Trinajstić information content (AvgIpc) is 2.64. The van der Waals surface area contributed by atoms with Gasteiger partial charge in [-0.1, -0.05) is 6.07 Å². The summed E-state index contributed by atoms with van der Waals surface area (Å²) >= 11 is 0. The number of aryl methyl sites for hydroxylation is 1. The van der Waals surface area contributed by atoms with Gasteiger partial charge in [-0.25, -0.2) is 4.39 Å². The molecule has 0 aliphatic heterocycles. The maximum Gasteiger partial charge on any atom is 0.165 e. The highest BCUT2D eigenvalue weighted by Gasteiger charge is 2.11. The molecule has 4 nitrogen and oxygen atoms in total. The molecule has 0 unspecified atom stereocenters. The second-order valence-electron chi connectivity index (χ2n) is 4.48. The highest BCUT2D eigenvalue weighted by Crippen LogP contribution is 2.19. The van der Waals surface area contributed by atoms with Gasteiger partial charge in [-0.3, -0.25) is 4.68 Å². The largest absolute Gasteiger partial charge is 0.494 e. The monoisotopic (exact) mass is 263 g/mol. The minimum absolute atomic E-state index is 0.250. The first kappa shape index (κ1) is 13.5. The second kappa shape index (κ2) is 5.40. The van der Waals surface area contributed by atoms with Crippen molar-refractivity contribution in [2.45, 2.75) is 26.9 Å². The Bertz CT molecular complexity index is 593. The number of methoxy groups -OCH3 is 1. The number of hydrogen-bond donors (Lipinski definition) is 1. The lowest BCUT2D eigenvalue weighted by Gasteiger charge is -2.07. The van der Waals surface area contributed by atoms with Gasteiger partial charge in [-0.2, -0.15) is 5.10 Å². The van der Waals surface area contributed by atoms with E-state index in [0.717, 1.165) is 22.5 Å². The highest BCUT2D eigenvalue weighted by molar-refractivity contribution is 5.30. The Hall–Kier alpha value is -1.88. The highest BCUT2D eigenvalue weighted by atomic mass is 19.1. The van der Waals surface area contributed by atoms with Gasteiger partial charge in [-0.15, -0.1) is 0 Å². The number of halogens is 1. The Morgan fingerprint density at radius 2 is 2.11 bits per heavy atom. The molecule has 1 heterocycles. The third-order valence-corrected chi connectivity index (χ3v) is 3.28. The molecule has 0 spiro atoms. The smallest absolute Gasteiger partial charge is 0.165 e. The minimum atomic E-state index is -0.361. The van der Waals surface area contributed by atoms with Crippen LogP contribution in [0.1, 0.15) is 22.5 Å². The van der Waals surface area contributed by atoms with Gasteiger partial charge in [0.15, 0.2) is 11.6 Å². The standard InChI is InChI=1S/C14H18FN3O/c1-9-12(7-16)10(2)18(17-9)8-11-4-5-14(19-3)13(15)6-11/h4-6H,7-8,16H2,1-3H3. The van der Waals surface area contributed by atoms with Crippen LogP contribution < -0.4 is 10.5 Å². The molecule has 0 saturated heterocycles. The van der Waals surface area contributed by atoms with Gasteiger partial charge in [0, 0.05) is 17.8 Å². The summed E-state index contributed by atoms with van der Waals surface area (Å²) in [7, 11) is 1.45. The van der Waals surface area contributed by atoms with Crippen LogP contribution in [-0.4, -0.2) is 16.9 Å². The van der Waals surface area contributed by atoms with Crippen molar-refractivity contribution in [3.8, 4) is 5.75 Å². The average molecular weight is 263 g/mol. The Morgan fingerprint density at radius 3 is 2.63 bits per heavy atom. The summed E-state index contributed by atoms with van der Waals surface area (Å²) in [5, 5.41) is 4.43. The normalized spacial score (nSPS) is 10.8. The van der Waals surface area contributed by atoms with Gasteiger partial charge in [0.05, 0.1) is 19.3 Å². The Labute approximate surface area is 112 Å². The molecule has 0 radical (unpaired) electrons. The zero-order valence-corrected chi connectivity index (χ0v) is 11.4. The van der Waals surface area contributed by atoms with Crippen molar-refractivity contribution in [3.63, 3.8) is 0 Å². The zero-order valence-electron chi connectivity index (χ0n) is 11.4. The van der Waals surface area contributed by atoms with Gasteiger partial charge in [0.1, 0.15) is 0 Å². The molecule has 0 aliphatic carbocycles. The van der Waals surface area contributed by atoms with E-state index in [1.165, 1.54) is 13.2 Å². The van der Waals surface area contributed by atoms with Crippen LogP contribution in [0.3, 0.4) is 0 Å². The van der Waals surface area contributed by atoms with Crippen molar-refractivity contribution < 1.29 is 9.13 Å². The van der Waals surface area contributed by atoms with E-state index >= 15 is 0 Å². The fourth-order valence-corrected chi connectivity index (χ4v) is 2.16. The van der Waals surface area contributed by atoms with Crippen LogP contribution in [0.5, 0.6) is 5.75 Å². The number of ether oxygens (including phenoxy) is 1. The summed E-state index contributed by atoms with van der Waals surface area (Å²) in [6.45, 7) is 4.89. The number of nitrogens with two attached hydrogens (primary N) is 1. The molecule has 2 rings (SSSR count). The van der Waals surface area contributed by atoms with E-state index in [-0.39, 0.29) is 11.6 Å². The molecular formula is C14H18FN3O. The van der Waals surface area contributed by atoms with Crippen molar-refractivity contribution >= 4 is 0 Å². The molecule has 2 aromatic rings. The van der Waals surface area contributed by atoms with Crippen molar-refractivity contribution in [1.82, 2.24) is 9.78 Å². The minimum Gasteiger partial charge on any atom is -0.494 e. The van der Waals surface area contributed by atoms with Crippen molar-refractivity contribution in [2.24, 2.45) is 5.73 Å². The zero-order chi connectivity index (χ0) is 14.0. The van der Waals surface area contributed by atoms with Crippen LogP contribution in [-0.2, 0) is 13.1 Å². The third kappa shape index (κ3) is 2.61. The number of rotatable bonds is 4. The summed E-state index contributed by atoms with van der Waals surface area (Å²) in [5.74, 6) is -0.111. The van der Waals surface area contributed by atoms with Crippen LogP contribution in [0.2, 0.25) is 0 Å². The molecule has 1 aromatic heterocycles. The van der Waals surface area contributed by atoms with Gasteiger partial charge in [-0.05, 0) is 31.5 Å². The van der Waals surface area contributed by atoms with Gasteiger partial charge in [0.2, 0.25) is 0 Å². The maximum absolute atomic E-state index is 13.6. The van der Waals surface area contributed by atoms with E-state index in [9.17, 15) is 4.39 Å². The summed E-state index contributed by atoms with van der Waals surface area (Å²) in [4.78, 5) is 0. The Morgan fingerprint density at radius 1 is 1.37 bits per heavy atom. The molecule has 2 N–H and O–H groups in total. The molecule has 102 valence electrons. The van der Waals surface area contributed by atoms with Gasteiger partial charge in [0.25, 0.3) is 0 Å². The molecule has 5 heteroatoms. The molecule has 0 fully saturated rings. The number of aromatic nitrogens is 2. The predicted octanol–water partition coefficient (Wildman–Crippen LogP) is 2.15. The number of hydrogen-bond acceptors (Lipinski definition) is 3. The van der Waals surface area contributed by atoms with Crippen LogP contribution >= 0.6 is 0 Å². The summed E-state index contributed by atoms with van der Waals surface area (Å²) < 4.78 is 20.4. The molecule has 0 aliphatic rings. The second-order valence-corrected chi connectivity index (χ2v) is 4.48. The van der Waals surface area contributed by atoms with Gasteiger partial charge >= 0.3 is 0 Å². The predicted molar refractivity (Wildman–Crippen MR) is 71.6 cm³/mol. The lowest BCUT2D eigenvalue weighted by Crippen LogP contribution is -2.06. The number of benzene rings is 1. The van der Waals surface area contributed by atoms with E-state index in [0.29, 0.717) is 13.1 Å². The number of nitrogens with zero attached hydrogens (tertiary/aromatic N) is 2. The SMILES string of the molecule is COc1ccc(Cn2nc(C)c(CN)c2C)cc1F. The lowest BCUT2D eigenvalue weighted by molar-refractivity contribution is 0.386. The van der Waals surface area contributed by atoms with Crippen molar-refractivity contribution in [2.75, 3.05) is 7.11 Å². The third-order valence-electron chi connectivity index (χ3n) is 3.28. The van der Waals surface area contributed by atoms with Crippen LogP contribution in [0.4, 0.5) is 4.39 Å². The maximum atomic E-state index is 13.6. The molecule has 0 amide bonds. The van der Waals surface area contributed by atoms with E-state index < -0.39 is 0 Å². The Kier molecular flexibility index (Phi) is 3.85. The summed E-state index contributed by atoms with van der Waals surface area (Å²) in [5.41, 5.74) is 9.53. The molecule has 19 heavy (non-hydrogen) atoms. The Balaban J connectivity index is 2.29. The topological polar surface area (TPSA) is 53.1 Å². The fraction of sp³-hybridized carbons (Fsp3) is 0.357.